The summed E-state index contributed by atoms with van der Waals surface area (Å²) in [7, 11) is 0. The van der Waals surface area contributed by atoms with Gasteiger partial charge in [0.05, 0.1) is 19.6 Å². The van der Waals surface area contributed by atoms with Crippen molar-refractivity contribution in [2.75, 3.05) is 19.8 Å². The maximum absolute atomic E-state index is 11.5. The van der Waals surface area contributed by atoms with E-state index in [4.69, 9.17) is 0 Å². The number of carbonyl (C=O) groups excluding carboxylic acids is 1. The molecule has 84 valence electrons. The lowest BCUT2D eigenvalue weighted by Gasteiger charge is -2.07. The summed E-state index contributed by atoms with van der Waals surface area (Å²) < 4.78 is 43.5. The number of rotatable bonds is 6. The molecule has 0 aliphatic heterocycles. The van der Waals surface area contributed by atoms with Crippen LogP contribution in [0.1, 0.15) is 19.8 Å². The zero-order chi connectivity index (χ0) is 11.0. The lowest BCUT2D eigenvalue weighted by atomic mass is 10.4. The second-order valence-corrected chi connectivity index (χ2v) is 2.64. The lowest BCUT2D eigenvalue weighted by Crippen LogP contribution is -2.18. The Morgan fingerprint density at radius 2 is 1.93 bits per heavy atom. The van der Waals surface area contributed by atoms with Crippen molar-refractivity contribution in [1.82, 2.24) is 0 Å². The van der Waals surface area contributed by atoms with Gasteiger partial charge in [0.1, 0.15) is 6.61 Å². The van der Waals surface area contributed by atoms with Gasteiger partial charge in [-0.25, -0.2) is 0 Å². The fourth-order valence-electron chi connectivity index (χ4n) is 0.631. The Labute approximate surface area is 80.2 Å². The first-order chi connectivity index (χ1) is 6.45. The Morgan fingerprint density at radius 3 is 2.43 bits per heavy atom. The third kappa shape index (κ3) is 9.31. The number of hydrogen-bond acceptors (Lipinski definition) is 3. The molecule has 0 fully saturated rings. The van der Waals surface area contributed by atoms with E-state index in [2.05, 4.69) is 9.47 Å². The molecular formula is C8H13F3O3. The van der Waals surface area contributed by atoms with Crippen LogP contribution in [0.25, 0.3) is 0 Å². The third-order valence-corrected chi connectivity index (χ3v) is 1.18. The van der Waals surface area contributed by atoms with Crippen LogP contribution in [0.4, 0.5) is 13.2 Å². The van der Waals surface area contributed by atoms with E-state index in [1.54, 1.807) is 0 Å². The van der Waals surface area contributed by atoms with Crippen molar-refractivity contribution in [2.24, 2.45) is 0 Å². The minimum atomic E-state index is -4.34. The molecule has 0 radical (unpaired) electrons. The second kappa shape index (κ2) is 6.64. The molecule has 0 atom stereocenters. The highest BCUT2D eigenvalue weighted by atomic mass is 19.4. The first-order valence-corrected chi connectivity index (χ1v) is 4.26. The Balaban J connectivity index is 3.32. The van der Waals surface area contributed by atoms with E-state index in [0.29, 0.717) is 6.42 Å². The summed E-state index contributed by atoms with van der Waals surface area (Å²) in [6.07, 6.45) is -3.79. The molecule has 6 heteroatoms. The summed E-state index contributed by atoms with van der Waals surface area (Å²) in [6.45, 7) is 0.529. The maximum atomic E-state index is 11.5. The van der Waals surface area contributed by atoms with Crippen molar-refractivity contribution in [1.29, 1.82) is 0 Å². The third-order valence-electron chi connectivity index (χ3n) is 1.18. The molecule has 0 aromatic rings. The minimum Gasteiger partial charge on any atom is -0.466 e. The predicted molar refractivity (Wildman–Crippen MR) is 42.7 cm³/mol. The van der Waals surface area contributed by atoms with Crippen LogP contribution in [0.5, 0.6) is 0 Å². The van der Waals surface area contributed by atoms with Gasteiger partial charge in [0.25, 0.3) is 0 Å². The fraction of sp³-hybridized carbons (Fsp3) is 0.875. The molecule has 0 aliphatic carbocycles. The molecule has 0 aliphatic rings. The van der Waals surface area contributed by atoms with Gasteiger partial charge in [-0.3, -0.25) is 4.79 Å². The van der Waals surface area contributed by atoms with Crippen LogP contribution in [0, 0.1) is 0 Å². The average Bonchev–Trinajstić information content (AvgIpc) is 2.07. The molecule has 0 aromatic carbocycles. The summed E-state index contributed by atoms with van der Waals surface area (Å²) in [5.41, 5.74) is 0. The van der Waals surface area contributed by atoms with Gasteiger partial charge < -0.3 is 9.47 Å². The van der Waals surface area contributed by atoms with E-state index in [0.717, 1.165) is 0 Å². The van der Waals surface area contributed by atoms with Crippen LogP contribution in [-0.2, 0) is 14.3 Å². The number of hydrogen-bond donors (Lipinski definition) is 0. The molecule has 0 saturated heterocycles. The SMILES string of the molecule is CCCOC(=O)CCOCC(F)(F)F. The molecule has 0 N–H and O–H groups in total. The molecule has 0 heterocycles. The van der Waals surface area contributed by atoms with Crippen LogP contribution in [-0.4, -0.2) is 32.0 Å². The van der Waals surface area contributed by atoms with Crippen LogP contribution < -0.4 is 0 Å². The van der Waals surface area contributed by atoms with E-state index in [-0.39, 0.29) is 19.6 Å². The van der Waals surface area contributed by atoms with Gasteiger partial charge in [-0.05, 0) is 6.42 Å². The Hall–Kier alpha value is -0.780. The highest BCUT2D eigenvalue weighted by Crippen LogP contribution is 2.14. The Bertz CT molecular complexity index is 168. The predicted octanol–water partition coefficient (Wildman–Crippen LogP) is 1.91. The van der Waals surface area contributed by atoms with Gasteiger partial charge in [0.2, 0.25) is 0 Å². The summed E-state index contributed by atoms with van der Waals surface area (Å²) in [5, 5.41) is 0. The van der Waals surface area contributed by atoms with Crippen molar-refractivity contribution >= 4 is 5.97 Å². The summed E-state index contributed by atoms with van der Waals surface area (Å²) >= 11 is 0. The first-order valence-electron chi connectivity index (χ1n) is 4.26. The van der Waals surface area contributed by atoms with Gasteiger partial charge in [-0.2, -0.15) is 13.2 Å². The minimum absolute atomic E-state index is 0.143. The van der Waals surface area contributed by atoms with Crippen LogP contribution in [0.2, 0.25) is 0 Å². The van der Waals surface area contributed by atoms with Gasteiger partial charge in [0, 0.05) is 0 Å². The molecular weight excluding hydrogens is 201 g/mol. The molecule has 0 aromatic heterocycles. The number of alkyl halides is 3. The number of halogens is 3. The fourth-order valence-corrected chi connectivity index (χ4v) is 0.631. The topological polar surface area (TPSA) is 35.5 Å². The van der Waals surface area contributed by atoms with E-state index >= 15 is 0 Å². The number of esters is 1. The summed E-state index contributed by atoms with van der Waals surface area (Å²) in [4.78, 5) is 10.7. The van der Waals surface area contributed by atoms with Gasteiger partial charge in [-0.15, -0.1) is 0 Å². The van der Waals surface area contributed by atoms with Crippen LogP contribution in [0.3, 0.4) is 0 Å². The molecule has 0 saturated carbocycles. The van der Waals surface area contributed by atoms with Gasteiger partial charge in [-0.1, -0.05) is 6.92 Å². The largest absolute Gasteiger partial charge is 0.466 e. The highest BCUT2D eigenvalue weighted by molar-refractivity contribution is 5.69. The van der Waals surface area contributed by atoms with Crippen molar-refractivity contribution in [3.63, 3.8) is 0 Å². The van der Waals surface area contributed by atoms with Crippen molar-refractivity contribution in [2.45, 2.75) is 25.9 Å². The molecule has 3 nitrogen and oxygen atoms in total. The lowest BCUT2D eigenvalue weighted by molar-refractivity contribution is -0.176. The number of carbonyl (C=O) groups is 1. The zero-order valence-electron chi connectivity index (χ0n) is 7.89. The average molecular weight is 214 g/mol. The monoisotopic (exact) mass is 214 g/mol. The second-order valence-electron chi connectivity index (χ2n) is 2.64. The standard InChI is InChI=1S/C8H13F3O3/c1-2-4-14-7(12)3-5-13-6-8(9,10)11/h2-6H2,1H3. The van der Waals surface area contributed by atoms with E-state index in [1.165, 1.54) is 0 Å². The van der Waals surface area contributed by atoms with Crippen LogP contribution >= 0.6 is 0 Å². The highest BCUT2D eigenvalue weighted by Gasteiger charge is 2.27. The van der Waals surface area contributed by atoms with E-state index in [9.17, 15) is 18.0 Å². The van der Waals surface area contributed by atoms with Gasteiger partial charge in [0.15, 0.2) is 0 Å². The van der Waals surface area contributed by atoms with Gasteiger partial charge >= 0.3 is 12.1 Å². The summed E-state index contributed by atoms with van der Waals surface area (Å²) in [5.74, 6) is -0.533. The molecule has 0 rings (SSSR count). The number of ether oxygens (including phenoxy) is 2. The van der Waals surface area contributed by atoms with Crippen molar-refractivity contribution in [3.8, 4) is 0 Å². The summed E-state index contributed by atoms with van der Waals surface area (Å²) in [6, 6.07) is 0. The molecule has 14 heavy (non-hydrogen) atoms. The Kier molecular flexibility index (Phi) is 6.27. The zero-order valence-corrected chi connectivity index (χ0v) is 7.89. The van der Waals surface area contributed by atoms with Crippen molar-refractivity contribution in [3.05, 3.63) is 0 Å². The maximum Gasteiger partial charge on any atom is 0.411 e. The molecule has 0 amide bonds. The smallest absolute Gasteiger partial charge is 0.411 e. The normalized spacial score (nSPS) is 11.4. The van der Waals surface area contributed by atoms with Crippen LogP contribution in [0.15, 0.2) is 0 Å². The van der Waals surface area contributed by atoms with E-state index < -0.39 is 18.8 Å². The quantitative estimate of drug-likeness (QED) is 0.500. The Morgan fingerprint density at radius 1 is 1.29 bits per heavy atom. The first kappa shape index (κ1) is 13.2. The van der Waals surface area contributed by atoms with E-state index in [1.807, 2.05) is 6.92 Å². The molecule has 0 unspecified atom stereocenters. The van der Waals surface area contributed by atoms with Crippen molar-refractivity contribution < 1.29 is 27.4 Å². The molecule has 0 bridgehead atoms. The molecule has 0 spiro atoms.